The Kier molecular flexibility index (Phi) is 6.24. The third kappa shape index (κ3) is 5.41. The molecule has 2 heterocycles. The van der Waals surface area contributed by atoms with E-state index in [4.69, 9.17) is 4.74 Å². The van der Waals surface area contributed by atoms with E-state index in [0.29, 0.717) is 32.1 Å². The summed E-state index contributed by atoms with van der Waals surface area (Å²) in [5.74, 6) is 0.787. The first-order chi connectivity index (χ1) is 13.1. The molecule has 0 bridgehead atoms. The number of halogens is 3. The first kappa shape index (κ1) is 21.0. The lowest BCUT2D eigenvalue weighted by Gasteiger charge is -2.28. The van der Waals surface area contributed by atoms with Gasteiger partial charge in [0.25, 0.3) is 0 Å². The maximum Gasteiger partial charge on any atom is 0.406 e. The molecule has 5 nitrogen and oxygen atoms in total. The molecule has 1 saturated heterocycles. The fraction of sp³-hybridized carbons (Fsp3) is 0.579. The van der Waals surface area contributed by atoms with E-state index in [2.05, 4.69) is 43.1 Å². The van der Waals surface area contributed by atoms with E-state index in [1.807, 2.05) is 12.1 Å². The van der Waals surface area contributed by atoms with Crippen LogP contribution in [0, 0.1) is 0 Å². The normalized spacial score (nSPS) is 15.9. The summed E-state index contributed by atoms with van der Waals surface area (Å²) >= 11 is 1.27. The second kappa shape index (κ2) is 8.32. The summed E-state index contributed by atoms with van der Waals surface area (Å²) in [6.07, 6.45) is -4.34. The summed E-state index contributed by atoms with van der Waals surface area (Å²) in [6, 6.07) is 8.16. The number of anilines is 1. The summed E-state index contributed by atoms with van der Waals surface area (Å²) < 4.78 is 45.9. The van der Waals surface area contributed by atoms with Crippen molar-refractivity contribution >= 4 is 17.7 Å². The van der Waals surface area contributed by atoms with Gasteiger partial charge in [-0.25, -0.2) is 0 Å². The van der Waals surface area contributed by atoms with Crippen LogP contribution < -0.4 is 4.90 Å². The molecule has 28 heavy (non-hydrogen) atoms. The van der Waals surface area contributed by atoms with Crippen molar-refractivity contribution in [2.45, 2.75) is 49.8 Å². The molecule has 1 aliphatic rings. The van der Waals surface area contributed by atoms with Gasteiger partial charge in [0.05, 0.1) is 13.2 Å². The van der Waals surface area contributed by atoms with Crippen LogP contribution in [0.1, 0.15) is 31.9 Å². The number of thioether (sulfide) groups is 1. The first-order valence-corrected chi connectivity index (χ1v) is 10.2. The molecule has 1 fully saturated rings. The Bertz CT molecular complexity index is 778. The van der Waals surface area contributed by atoms with E-state index < -0.39 is 12.7 Å². The lowest BCUT2D eigenvalue weighted by molar-refractivity contribution is -0.141. The molecule has 9 heteroatoms. The van der Waals surface area contributed by atoms with Gasteiger partial charge in [-0.05, 0) is 16.5 Å². The van der Waals surface area contributed by atoms with Gasteiger partial charge in [-0.3, -0.25) is 4.57 Å². The van der Waals surface area contributed by atoms with E-state index in [9.17, 15) is 13.2 Å². The second-order valence-electron chi connectivity index (χ2n) is 7.82. The average Bonchev–Trinajstić information content (AvgIpc) is 3.01. The summed E-state index contributed by atoms with van der Waals surface area (Å²) in [4.78, 5) is 1.80. The molecule has 0 radical (unpaired) electrons. The minimum absolute atomic E-state index is 0.0611. The van der Waals surface area contributed by atoms with Crippen molar-refractivity contribution in [3.63, 3.8) is 0 Å². The largest absolute Gasteiger partial charge is 0.406 e. The van der Waals surface area contributed by atoms with Gasteiger partial charge in [0.2, 0.25) is 5.95 Å². The standard InChI is InChI=1S/C19H25F3N4OS/c1-18(2,3)15-6-4-14(5-7-15)12-28-17-24-23-16(25-8-10-27-11-9-25)26(17)13-19(20,21)22/h4-7H,8-13H2,1-3H3. The second-order valence-corrected chi connectivity index (χ2v) is 8.76. The number of benzene rings is 1. The Labute approximate surface area is 167 Å². The first-order valence-electron chi connectivity index (χ1n) is 9.18. The van der Waals surface area contributed by atoms with Crippen LogP contribution in [0.3, 0.4) is 0 Å². The highest BCUT2D eigenvalue weighted by molar-refractivity contribution is 7.98. The third-order valence-electron chi connectivity index (χ3n) is 4.52. The summed E-state index contributed by atoms with van der Waals surface area (Å²) in [5.41, 5.74) is 2.31. The molecule has 2 aromatic rings. The number of morpholine rings is 1. The zero-order chi connectivity index (χ0) is 20.4. The van der Waals surface area contributed by atoms with Gasteiger partial charge >= 0.3 is 6.18 Å². The molecule has 0 N–H and O–H groups in total. The molecule has 1 aromatic heterocycles. The molecular formula is C19H25F3N4OS. The molecule has 1 aliphatic heterocycles. The van der Waals surface area contributed by atoms with Crippen LogP contribution in [0.2, 0.25) is 0 Å². The molecule has 154 valence electrons. The fourth-order valence-corrected chi connectivity index (χ4v) is 3.84. The fourth-order valence-electron chi connectivity index (χ4n) is 2.95. The molecule has 0 saturated carbocycles. The number of nitrogens with zero attached hydrogens (tertiary/aromatic N) is 4. The predicted molar refractivity (Wildman–Crippen MR) is 104 cm³/mol. The van der Waals surface area contributed by atoms with E-state index in [1.54, 1.807) is 4.90 Å². The molecule has 0 aliphatic carbocycles. The Morgan fingerprint density at radius 1 is 1.04 bits per heavy atom. The number of ether oxygens (including phenoxy) is 1. The summed E-state index contributed by atoms with van der Waals surface area (Å²) in [6.45, 7) is 7.29. The Morgan fingerprint density at radius 3 is 2.25 bits per heavy atom. The molecule has 1 aromatic carbocycles. The average molecular weight is 414 g/mol. The zero-order valence-electron chi connectivity index (χ0n) is 16.3. The lowest BCUT2D eigenvalue weighted by Crippen LogP contribution is -2.38. The third-order valence-corrected chi connectivity index (χ3v) is 5.55. The van der Waals surface area contributed by atoms with Crippen LogP contribution in [-0.4, -0.2) is 47.2 Å². The monoisotopic (exact) mass is 414 g/mol. The van der Waals surface area contributed by atoms with Crippen molar-refractivity contribution in [3.8, 4) is 0 Å². The van der Waals surface area contributed by atoms with Gasteiger partial charge in [0.15, 0.2) is 5.16 Å². The minimum atomic E-state index is -4.34. The van der Waals surface area contributed by atoms with Crippen LogP contribution in [0.4, 0.5) is 19.1 Å². The number of aromatic nitrogens is 3. The smallest absolute Gasteiger partial charge is 0.378 e. The van der Waals surface area contributed by atoms with Crippen molar-refractivity contribution < 1.29 is 17.9 Å². The maximum atomic E-state index is 13.1. The van der Waals surface area contributed by atoms with Gasteiger partial charge in [0, 0.05) is 18.8 Å². The number of hydrogen-bond donors (Lipinski definition) is 0. The predicted octanol–water partition coefficient (Wildman–Crippen LogP) is 4.27. The maximum absolute atomic E-state index is 13.1. The van der Waals surface area contributed by atoms with Crippen molar-refractivity contribution in [1.29, 1.82) is 0 Å². The van der Waals surface area contributed by atoms with Crippen molar-refractivity contribution in [1.82, 2.24) is 14.8 Å². The summed E-state index contributed by atoms with van der Waals surface area (Å²) in [5, 5.41) is 8.36. The van der Waals surface area contributed by atoms with Crippen LogP contribution in [0.15, 0.2) is 29.4 Å². The highest BCUT2D eigenvalue weighted by Gasteiger charge is 2.32. The Hall–Kier alpha value is -1.74. The van der Waals surface area contributed by atoms with E-state index in [1.165, 1.54) is 21.9 Å². The molecule has 0 atom stereocenters. The van der Waals surface area contributed by atoms with E-state index >= 15 is 0 Å². The van der Waals surface area contributed by atoms with Crippen molar-refractivity contribution in [2.24, 2.45) is 0 Å². The van der Waals surface area contributed by atoms with Gasteiger partial charge in [0.1, 0.15) is 6.54 Å². The van der Waals surface area contributed by atoms with Crippen LogP contribution in [-0.2, 0) is 22.4 Å². The zero-order valence-corrected chi connectivity index (χ0v) is 17.1. The topological polar surface area (TPSA) is 43.2 Å². The van der Waals surface area contributed by atoms with Crippen molar-refractivity contribution in [3.05, 3.63) is 35.4 Å². The van der Waals surface area contributed by atoms with E-state index in [-0.39, 0.29) is 16.5 Å². The highest BCUT2D eigenvalue weighted by atomic mass is 32.2. The molecule has 3 rings (SSSR count). The molecule has 0 amide bonds. The quantitative estimate of drug-likeness (QED) is 0.684. The Morgan fingerprint density at radius 2 is 1.68 bits per heavy atom. The van der Waals surface area contributed by atoms with Crippen molar-refractivity contribution in [2.75, 3.05) is 31.2 Å². The number of hydrogen-bond acceptors (Lipinski definition) is 5. The minimum Gasteiger partial charge on any atom is -0.378 e. The highest BCUT2D eigenvalue weighted by Crippen LogP contribution is 2.30. The Balaban J connectivity index is 1.76. The van der Waals surface area contributed by atoms with E-state index in [0.717, 1.165) is 5.56 Å². The van der Waals surface area contributed by atoms with Gasteiger partial charge in [-0.2, -0.15) is 13.2 Å². The molecule has 0 spiro atoms. The van der Waals surface area contributed by atoms with Crippen LogP contribution >= 0.6 is 11.8 Å². The lowest BCUT2D eigenvalue weighted by atomic mass is 9.87. The van der Waals surface area contributed by atoms with Crippen LogP contribution in [0.5, 0.6) is 0 Å². The molecule has 0 unspecified atom stereocenters. The van der Waals surface area contributed by atoms with Gasteiger partial charge < -0.3 is 9.64 Å². The number of rotatable bonds is 5. The van der Waals surface area contributed by atoms with Gasteiger partial charge in [-0.15, -0.1) is 10.2 Å². The SMILES string of the molecule is CC(C)(C)c1ccc(CSc2nnc(N3CCOCC3)n2CC(F)(F)F)cc1. The van der Waals surface area contributed by atoms with Gasteiger partial charge in [-0.1, -0.05) is 56.8 Å². The van der Waals surface area contributed by atoms with Crippen LogP contribution in [0.25, 0.3) is 0 Å². The summed E-state index contributed by atoms with van der Waals surface area (Å²) in [7, 11) is 0. The molecular weight excluding hydrogens is 389 g/mol. The number of alkyl halides is 3.